The van der Waals surface area contributed by atoms with E-state index in [1.807, 2.05) is 0 Å². The number of carbonyl (C=O) groups is 2. The van der Waals surface area contributed by atoms with Crippen LogP contribution < -0.4 is 5.32 Å². The Bertz CT molecular complexity index is 443. The number of anilines is 1. The maximum absolute atomic E-state index is 11.6. The van der Waals surface area contributed by atoms with Crippen LogP contribution in [0.15, 0.2) is 18.2 Å². The first-order chi connectivity index (χ1) is 8.54. The molecule has 0 aromatic heterocycles. The Morgan fingerprint density at radius 3 is 2.61 bits per heavy atom. The number of aliphatic hydroxyl groups is 1. The number of nitrogens with one attached hydrogen (secondary N) is 1. The Kier molecular flexibility index (Phi) is 5.32. The lowest BCUT2D eigenvalue weighted by atomic mass is 10.1. The van der Waals surface area contributed by atoms with Crippen LogP contribution in [-0.4, -0.2) is 28.7 Å². The van der Waals surface area contributed by atoms with Gasteiger partial charge in [-0.05, 0) is 37.5 Å². The van der Waals surface area contributed by atoms with Crippen molar-refractivity contribution < 1.29 is 19.8 Å². The Morgan fingerprint density at radius 2 is 2.00 bits per heavy atom. The SMILES string of the molecule is Cc1ccc(C(=O)O)cc1NC(=O)CCCCO. The molecule has 0 unspecified atom stereocenters. The van der Waals surface area contributed by atoms with Crippen LogP contribution in [0.25, 0.3) is 0 Å². The molecule has 5 nitrogen and oxygen atoms in total. The van der Waals surface area contributed by atoms with Crippen molar-refractivity contribution in [1.29, 1.82) is 0 Å². The summed E-state index contributed by atoms with van der Waals surface area (Å²) in [4.78, 5) is 22.4. The third-order valence-corrected chi connectivity index (χ3v) is 2.57. The largest absolute Gasteiger partial charge is 0.478 e. The Balaban J connectivity index is 2.68. The monoisotopic (exact) mass is 251 g/mol. The van der Waals surface area contributed by atoms with Gasteiger partial charge in [0, 0.05) is 18.7 Å². The molecule has 0 atom stereocenters. The standard InChI is InChI=1S/C13H17NO4/c1-9-5-6-10(13(17)18)8-11(9)14-12(16)4-2-3-7-15/h5-6,8,15H,2-4,7H2,1H3,(H,14,16)(H,17,18). The molecule has 0 bridgehead atoms. The van der Waals surface area contributed by atoms with Crippen LogP contribution in [0.3, 0.4) is 0 Å². The van der Waals surface area contributed by atoms with Crippen LogP contribution in [0.2, 0.25) is 0 Å². The van der Waals surface area contributed by atoms with Crippen molar-refractivity contribution in [3.63, 3.8) is 0 Å². The molecule has 0 saturated carbocycles. The van der Waals surface area contributed by atoms with Crippen LogP contribution in [0.4, 0.5) is 5.69 Å². The zero-order chi connectivity index (χ0) is 13.5. The Hall–Kier alpha value is -1.88. The molecule has 0 fully saturated rings. The second kappa shape index (κ2) is 6.76. The van der Waals surface area contributed by atoms with E-state index in [1.54, 1.807) is 13.0 Å². The summed E-state index contributed by atoms with van der Waals surface area (Å²) in [5.74, 6) is -1.19. The van der Waals surface area contributed by atoms with E-state index in [0.717, 1.165) is 5.56 Å². The molecule has 1 aromatic rings. The molecule has 0 aliphatic heterocycles. The average Bonchev–Trinajstić information content (AvgIpc) is 2.32. The van der Waals surface area contributed by atoms with Gasteiger partial charge in [-0.2, -0.15) is 0 Å². The lowest BCUT2D eigenvalue weighted by molar-refractivity contribution is -0.116. The quantitative estimate of drug-likeness (QED) is 0.673. The van der Waals surface area contributed by atoms with Crippen molar-refractivity contribution >= 4 is 17.6 Å². The number of carbonyl (C=O) groups excluding carboxylic acids is 1. The third kappa shape index (κ3) is 4.18. The molecular formula is C13H17NO4. The highest BCUT2D eigenvalue weighted by molar-refractivity contribution is 5.94. The van der Waals surface area contributed by atoms with Crippen molar-refractivity contribution in [2.45, 2.75) is 26.2 Å². The minimum atomic E-state index is -1.02. The van der Waals surface area contributed by atoms with E-state index in [0.29, 0.717) is 24.9 Å². The summed E-state index contributed by atoms with van der Waals surface area (Å²) >= 11 is 0. The van der Waals surface area contributed by atoms with Gasteiger partial charge in [0.1, 0.15) is 0 Å². The summed E-state index contributed by atoms with van der Waals surface area (Å²) < 4.78 is 0. The number of aliphatic hydroxyl groups excluding tert-OH is 1. The van der Waals surface area contributed by atoms with Crippen LogP contribution in [0.5, 0.6) is 0 Å². The molecule has 0 radical (unpaired) electrons. The number of amides is 1. The van der Waals surface area contributed by atoms with Gasteiger partial charge in [-0.3, -0.25) is 4.79 Å². The van der Waals surface area contributed by atoms with Gasteiger partial charge in [-0.25, -0.2) is 4.79 Å². The first-order valence-electron chi connectivity index (χ1n) is 5.79. The van der Waals surface area contributed by atoms with Crippen LogP contribution in [-0.2, 0) is 4.79 Å². The van der Waals surface area contributed by atoms with Gasteiger partial charge >= 0.3 is 5.97 Å². The van der Waals surface area contributed by atoms with E-state index < -0.39 is 5.97 Å². The maximum atomic E-state index is 11.6. The fourth-order valence-electron chi connectivity index (χ4n) is 1.50. The number of hydrogen-bond donors (Lipinski definition) is 3. The van der Waals surface area contributed by atoms with E-state index >= 15 is 0 Å². The lowest BCUT2D eigenvalue weighted by Crippen LogP contribution is -2.13. The smallest absolute Gasteiger partial charge is 0.335 e. The number of carboxylic acid groups (broad SMARTS) is 1. The maximum Gasteiger partial charge on any atom is 0.335 e. The second-order valence-corrected chi connectivity index (χ2v) is 4.06. The van der Waals surface area contributed by atoms with Crippen LogP contribution in [0.1, 0.15) is 35.2 Å². The number of rotatable bonds is 6. The number of aromatic carboxylic acids is 1. The molecule has 98 valence electrons. The zero-order valence-electron chi connectivity index (χ0n) is 10.3. The minimum Gasteiger partial charge on any atom is -0.478 e. The van der Waals surface area contributed by atoms with Gasteiger partial charge in [-0.1, -0.05) is 6.07 Å². The van der Waals surface area contributed by atoms with Gasteiger partial charge in [0.05, 0.1) is 5.56 Å². The molecule has 0 aliphatic carbocycles. The predicted octanol–water partition coefficient (Wildman–Crippen LogP) is 1.79. The van der Waals surface area contributed by atoms with E-state index in [4.69, 9.17) is 10.2 Å². The van der Waals surface area contributed by atoms with Crippen LogP contribution >= 0.6 is 0 Å². The molecule has 0 heterocycles. The van der Waals surface area contributed by atoms with E-state index in [2.05, 4.69) is 5.32 Å². The molecule has 1 aromatic carbocycles. The van der Waals surface area contributed by atoms with E-state index in [9.17, 15) is 9.59 Å². The molecule has 1 amide bonds. The number of aryl methyl sites for hydroxylation is 1. The minimum absolute atomic E-state index is 0.0702. The summed E-state index contributed by atoms with van der Waals surface area (Å²) in [6.45, 7) is 1.87. The van der Waals surface area contributed by atoms with Crippen molar-refractivity contribution in [3.05, 3.63) is 29.3 Å². The average molecular weight is 251 g/mol. The predicted molar refractivity (Wildman–Crippen MR) is 67.7 cm³/mol. The van der Waals surface area contributed by atoms with E-state index in [1.165, 1.54) is 12.1 Å². The second-order valence-electron chi connectivity index (χ2n) is 4.06. The summed E-state index contributed by atoms with van der Waals surface area (Å²) in [6.07, 6.45) is 1.51. The lowest BCUT2D eigenvalue weighted by Gasteiger charge is -2.09. The van der Waals surface area contributed by atoms with Crippen molar-refractivity contribution in [2.75, 3.05) is 11.9 Å². The first kappa shape index (κ1) is 14.2. The van der Waals surface area contributed by atoms with Crippen molar-refractivity contribution in [3.8, 4) is 0 Å². The normalized spacial score (nSPS) is 10.1. The molecule has 0 spiro atoms. The van der Waals surface area contributed by atoms with Gasteiger partial charge in [-0.15, -0.1) is 0 Å². The molecule has 3 N–H and O–H groups in total. The van der Waals surface area contributed by atoms with Crippen molar-refractivity contribution in [2.24, 2.45) is 0 Å². The summed E-state index contributed by atoms with van der Waals surface area (Å²) in [5.41, 5.74) is 1.48. The molecular weight excluding hydrogens is 234 g/mol. The fourth-order valence-corrected chi connectivity index (χ4v) is 1.50. The Labute approximate surface area is 105 Å². The Morgan fingerprint density at radius 1 is 1.28 bits per heavy atom. The van der Waals surface area contributed by atoms with Gasteiger partial charge in [0.2, 0.25) is 5.91 Å². The summed E-state index contributed by atoms with van der Waals surface area (Å²) in [7, 11) is 0. The van der Waals surface area contributed by atoms with Gasteiger partial charge in [0.25, 0.3) is 0 Å². The fraction of sp³-hybridized carbons (Fsp3) is 0.385. The van der Waals surface area contributed by atoms with Gasteiger partial charge < -0.3 is 15.5 Å². The molecule has 0 aliphatic rings. The number of unbranched alkanes of at least 4 members (excludes halogenated alkanes) is 1. The molecule has 0 saturated heterocycles. The molecule has 5 heteroatoms. The summed E-state index contributed by atoms with van der Waals surface area (Å²) in [5, 5.41) is 20.2. The molecule has 18 heavy (non-hydrogen) atoms. The van der Waals surface area contributed by atoms with E-state index in [-0.39, 0.29) is 18.1 Å². The summed E-state index contributed by atoms with van der Waals surface area (Å²) in [6, 6.07) is 4.60. The highest BCUT2D eigenvalue weighted by Crippen LogP contribution is 2.17. The van der Waals surface area contributed by atoms with Gasteiger partial charge in [0.15, 0.2) is 0 Å². The third-order valence-electron chi connectivity index (χ3n) is 2.57. The zero-order valence-corrected chi connectivity index (χ0v) is 10.3. The number of hydrogen-bond acceptors (Lipinski definition) is 3. The highest BCUT2D eigenvalue weighted by Gasteiger charge is 2.08. The van der Waals surface area contributed by atoms with Crippen LogP contribution in [0, 0.1) is 6.92 Å². The first-order valence-corrected chi connectivity index (χ1v) is 5.79. The number of carboxylic acids is 1. The highest BCUT2D eigenvalue weighted by atomic mass is 16.4. The van der Waals surface area contributed by atoms with Crippen molar-refractivity contribution in [1.82, 2.24) is 0 Å². The number of benzene rings is 1. The topological polar surface area (TPSA) is 86.6 Å². The molecule has 1 rings (SSSR count).